The van der Waals surface area contributed by atoms with Gasteiger partial charge in [0.2, 0.25) is 0 Å². The van der Waals surface area contributed by atoms with Crippen LogP contribution in [0, 0.1) is 0 Å². The topological polar surface area (TPSA) is 71.4 Å². The van der Waals surface area contributed by atoms with Crippen LogP contribution >= 0.6 is 11.6 Å². The fourth-order valence-corrected chi connectivity index (χ4v) is 4.10. The predicted octanol–water partition coefficient (Wildman–Crippen LogP) is 5.65. The van der Waals surface area contributed by atoms with Gasteiger partial charge in [-0.1, -0.05) is 41.6 Å². The van der Waals surface area contributed by atoms with Gasteiger partial charge in [0, 0.05) is 25.1 Å². The van der Waals surface area contributed by atoms with E-state index in [2.05, 4.69) is 23.9 Å². The summed E-state index contributed by atoms with van der Waals surface area (Å²) in [5, 5.41) is 14.7. The third-order valence-electron chi connectivity index (χ3n) is 5.73. The van der Waals surface area contributed by atoms with E-state index in [1.54, 1.807) is 6.07 Å². The minimum Gasteiger partial charge on any atom is -0.506 e. The number of nitrogens with zero attached hydrogens (tertiary/aromatic N) is 2. The average Bonchev–Trinajstić information content (AvgIpc) is 2.83. The maximum Gasteiger partial charge on any atom is 0.263 e. The maximum absolute atomic E-state index is 12.4. The molecule has 0 bridgehead atoms. The van der Waals surface area contributed by atoms with Crippen LogP contribution in [0.15, 0.2) is 48.2 Å². The van der Waals surface area contributed by atoms with Crippen molar-refractivity contribution in [3.05, 3.63) is 59.2 Å². The largest absolute Gasteiger partial charge is 0.506 e. The van der Waals surface area contributed by atoms with Crippen LogP contribution in [0.1, 0.15) is 56.1 Å². The van der Waals surface area contributed by atoms with Gasteiger partial charge in [-0.3, -0.25) is 4.79 Å². The molecule has 1 amide bonds. The molecule has 3 rings (SSSR count). The van der Waals surface area contributed by atoms with Crippen LogP contribution in [0.3, 0.4) is 0 Å². The van der Waals surface area contributed by atoms with E-state index in [0.29, 0.717) is 35.6 Å². The van der Waals surface area contributed by atoms with E-state index in [0.717, 1.165) is 58.0 Å². The summed E-state index contributed by atoms with van der Waals surface area (Å²) in [5.41, 5.74) is 1.97. The monoisotopic (exact) mass is 472 g/mol. The first-order valence-corrected chi connectivity index (χ1v) is 12.0. The molecule has 0 unspecified atom stereocenters. The van der Waals surface area contributed by atoms with Gasteiger partial charge < -0.3 is 19.6 Å². The summed E-state index contributed by atoms with van der Waals surface area (Å²) >= 11 is 6.47. The van der Waals surface area contributed by atoms with E-state index < -0.39 is 0 Å². The molecule has 1 N–H and O–H groups in total. The second-order valence-corrected chi connectivity index (χ2v) is 8.64. The van der Waals surface area contributed by atoms with Crippen molar-refractivity contribution in [2.24, 2.45) is 5.16 Å². The zero-order valence-electron chi connectivity index (χ0n) is 19.1. The molecule has 1 aromatic rings. The molecule has 0 radical (unpaired) electrons. The number of amides is 1. The fraction of sp³-hybridized carbons (Fsp3) is 0.462. The second kappa shape index (κ2) is 13.1. The molecule has 0 spiro atoms. The van der Waals surface area contributed by atoms with E-state index in [9.17, 15) is 9.90 Å². The van der Waals surface area contributed by atoms with Crippen LogP contribution < -0.4 is 0 Å². The molecule has 33 heavy (non-hydrogen) atoms. The Kier molecular flexibility index (Phi) is 9.88. The number of carbonyl (C=O) groups is 1. The second-order valence-electron chi connectivity index (χ2n) is 8.26. The van der Waals surface area contributed by atoms with Gasteiger partial charge in [-0.15, -0.1) is 0 Å². The Labute approximate surface area is 201 Å². The highest BCUT2D eigenvalue weighted by atomic mass is 35.5. The summed E-state index contributed by atoms with van der Waals surface area (Å²) in [5.74, 6) is 0.424. The number of ether oxygens (including phenoxy) is 1. The van der Waals surface area contributed by atoms with Crippen molar-refractivity contribution in [3.8, 4) is 5.75 Å². The van der Waals surface area contributed by atoms with Crippen LogP contribution in [0.5, 0.6) is 5.75 Å². The molecule has 2 aliphatic rings. The Hall–Kier alpha value is -2.73. The molecular weight excluding hydrogens is 440 g/mol. The van der Waals surface area contributed by atoms with Gasteiger partial charge in [0.05, 0.1) is 17.3 Å². The lowest BCUT2D eigenvalue weighted by Gasteiger charge is -2.26. The molecule has 0 aromatic heterocycles. The van der Waals surface area contributed by atoms with Crippen LogP contribution in [0.2, 0.25) is 5.02 Å². The van der Waals surface area contributed by atoms with Crippen LogP contribution in [-0.2, 0) is 20.8 Å². The number of halogens is 1. The van der Waals surface area contributed by atoms with Gasteiger partial charge in [-0.05, 0) is 68.7 Å². The number of hydrogen-bond donors (Lipinski definition) is 1. The number of phenols is 1. The number of carbonyl (C=O) groups excluding carboxylic acids is 1. The smallest absolute Gasteiger partial charge is 0.263 e. The van der Waals surface area contributed by atoms with Crippen molar-refractivity contribution in [3.63, 3.8) is 0 Å². The molecule has 0 aliphatic carbocycles. The molecule has 2 aliphatic heterocycles. The lowest BCUT2D eigenvalue weighted by atomic mass is 9.99. The van der Waals surface area contributed by atoms with E-state index in [4.69, 9.17) is 21.2 Å². The Balaban J connectivity index is 1.81. The van der Waals surface area contributed by atoms with Crippen molar-refractivity contribution in [2.45, 2.75) is 51.4 Å². The molecular formula is C26H33ClN2O4. The van der Waals surface area contributed by atoms with Crippen molar-refractivity contribution in [1.82, 2.24) is 4.90 Å². The number of likely N-dealkylation sites (tertiary alicyclic amines) is 1. The maximum atomic E-state index is 12.4. The van der Waals surface area contributed by atoms with Crippen LogP contribution in [0.4, 0.5) is 0 Å². The first kappa shape index (κ1) is 24.9. The normalized spacial score (nSPS) is 21.3. The summed E-state index contributed by atoms with van der Waals surface area (Å²) in [4.78, 5) is 19.7. The van der Waals surface area contributed by atoms with E-state index in [1.807, 2.05) is 17.1 Å². The number of aromatic hydroxyl groups is 1. The highest BCUT2D eigenvalue weighted by Gasteiger charge is 2.18. The Morgan fingerprint density at radius 2 is 1.88 bits per heavy atom. The standard InChI is InChI=1S/C26H33ClN2O4/c1-20-22-13-14-24(30)26(27)23(22)18-21(12-8-5-3-2-4-6-11-17-32-20)28-33-19-25(31)29-15-9-7-10-16-29/h2,4,8,12-14,30H,1,3,5-7,9-11,15-19H2/b4-2+,12-8+,28-21+. The van der Waals surface area contributed by atoms with Gasteiger partial charge >= 0.3 is 0 Å². The lowest BCUT2D eigenvalue weighted by molar-refractivity contribution is -0.137. The van der Waals surface area contributed by atoms with Crippen molar-refractivity contribution < 1.29 is 19.5 Å². The first-order chi connectivity index (χ1) is 16.1. The van der Waals surface area contributed by atoms with Gasteiger partial charge in [-0.25, -0.2) is 0 Å². The first-order valence-electron chi connectivity index (χ1n) is 11.7. The van der Waals surface area contributed by atoms with E-state index in [-0.39, 0.29) is 23.3 Å². The van der Waals surface area contributed by atoms with Crippen molar-refractivity contribution in [1.29, 1.82) is 0 Å². The number of benzene rings is 1. The number of fused-ring (bicyclic) bond motifs is 1. The molecule has 1 aromatic carbocycles. The van der Waals surface area contributed by atoms with Gasteiger partial charge in [0.15, 0.2) is 6.61 Å². The summed E-state index contributed by atoms with van der Waals surface area (Å²) in [6.45, 7) is 6.05. The number of phenolic OH excluding ortho intramolecular Hbond substituents is 1. The zero-order chi connectivity index (χ0) is 23.5. The van der Waals surface area contributed by atoms with Crippen LogP contribution in [0.25, 0.3) is 5.76 Å². The third kappa shape index (κ3) is 7.67. The minimum atomic E-state index is -0.101. The summed E-state index contributed by atoms with van der Waals surface area (Å²) in [6, 6.07) is 3.28. The zero-order valence-corrected chi connectivity index (χ0v) is 19.9. The fourth-order valence-electron chi connectivity index (χ4n) is 3.87. The van der Waals surface area contributed by atoms with Gasteiger partial charge in [0.25, 0.3) is 5.91 Å². The number of rotatable bonds is 3. The number of piperidine rings is 1. The summed E-state index contributed by atoms with van der Waals surface area (Å²) < 4.78 is 5.85. The SMILES string of the molecule is C=C1OCCC/C=C/CC/C=C/C(=N\OCC(=O)N2CCCCC2)Cc2c1ccc(O)c2Cl. The Morgan fingerprint density at radius 3 is 2.70 bits per heavy atom. The quantitative estimate of drug-likeness (QED) is 0.456. The molecule has 0 saturated carbocycles. The van der Waals surface area contributed by atoms with Crippen molar-refractivity contribution >= 4 is 29.0 Å². The number of hydrogen-bond acceptors (Lipinski definition) is 5. The van der Waals surface area contributed by atoms with Crippen LogP contribution in [-0.4, -0.2) is 47.9 Å². The van der Waals surface area contributed by atoms with Gasteiger partial charge in [0.1, 0.15) is 11.5 Å². The van der Waals surface area contributed by atoms with E-state index in [1.165, 1.54) is 6.07 Å². The van der Waals surface area contributed by atoms with Gasteiger partial charge in [-0.2, -0.15) is 0 Å². The molecule has 178 valence electrons. The average molecular weight is 473 g/mol. The molecule has 1 fully saturated rings. The van der Waals surface area contributed by atoms with Crippen molar-refractivity contribution in [2.75, 3.05) is 26.3 Å². The minimum absolute atomic E-state index is 0.0187. The number of allylic oxidation sites excluding steroid dienone is 4. The summed E-state index contributed by atoms with van der Waals surface area (Å²) in [7, 11) is 0. The molecule has 1 saturated heterocycles. The van der Waals surface area contributed by atoms with E-state index >= 15 is 0 Å². The Morgan fingerprint density at radius 1 is 1.12 bits per heavy atom. The molecule has 7 heteroatoms. The number of oxime groups is 1. The lowest BCUT2D eigenvalue weighted by Crippen LogP contribution is -2.37. The molecule has 0 atom stereocenters. The molecule has 2 heterocycles. The highest BCUT2D eigenvalue weighted by Crippen LogP contribution is 2.34. The highest BCUT2D eigenvalue weighted by molar-refractivity contribution is 6.33. The summed E-state index contributed by atoms with van der Waals surface area (Å²) in [6.07, 6.45) is 15.3. The predicted molar refractivity (Wildman–Crippen MR) is 132 cm³/mol. The Bertz CT molecular complexity index is 917. The third-order valence-corrected chi connectivity index (χ3v) is 6.15. The molecule has 6 nitrogen and oxygen atoms in total.